The maximum Gasteiger partial charge on any atom is 0.0704 e. The fourth-order valence-corrected chi connectivity index (χ4v) is 1.50. The minimum atomic E-state index is 0.565. The molecule has 0 heterocycles. The predicted octanol–water partition coefficient (Wildman–Crippen LogP) is 2.12. The van der Waals surface area contributed by atoms with Gasteiger partial charge >= 0.3 is 0 Å². The molecule has 0 amide bonds. The van der Waals surface area contributed by atoms with E-state index in [-0.39, 0.29) is 0 Å². The minimum absolute atomic E-state index is 0.565. The van der Waals surface area contributed by atoms with Gasteiger partial charge in [0, 0.05) is 0 Å². The lowest BCUT2D eigenvalue weighted by Gasteiger charge is -2.28. The summed E-state index contributed by atoms with van der Waals surface area (Å²) < 4.78 is 11.1. The van der Waals surface area contributed by atoms with Gasteiger partial charge in [0.05, 0.1) is 25.4 Å². The summed E-state index contributed by atoms with van der Waals surface area (Å²) >= 11 is 0. The zero-order valence-corrected chi connectivity index (χ0v) is 7.63. The van der Waals surface area contributed by atoms with E-state index in [9.17, 15) is 0 Å². The smallest absolute Gasteiger partial charge is 0.0704 e. The third-order valence-electron chi connectivity index (χ3n) is 2.89. The van der Waals surface area contributed by atoms with E-state index in [0.29, 0.717) is 12.2 Å². The highest BCUT2D eigenvalue weighted by atomic mass is 16.5. The lowest BCUT2D eigenvalue weighted by Crippen LogP contribution is -2.26. The van der Waals surface area contributed by atoms with Crippen molar-refractivity contribution in [3.8, 4) is 0 Å². The second-order valence-electron chi connectivity index (χ2n) is 3.85. The molecule has 0 aliphatic heterocycles. The Morgan fingerprint density at radius 1 is 0.750 bits per heavy atom. The molecule has 2 heteroatoms. The Bertz CT molecular complexity index is 112. The van der Waals surface area contributed by atoms with Crippen molar-refractivity contribution in [3.63, 3.8) is 0 Å². The number of rotatable bonds is 5. The quantitative estimate of drug-likeness (QED) is 0.588. The largest absolute Gasteiger partial charge is 0.376 e. The summed E-state index contributed by atoms with van der Waals surface area (Å²) in [5.74, 6) is 0. The summed E-state index contributed by atoms with van der Waals surface area (Å²) in [6.07, 6.45) is 8.91. The zero-order valence-electron chi connectivity index (χ0n) is 7.63. The lowest BCUT2D eigenvalue weighted by molar-refractivity contribution is -0.0620. The standard InChI is InChI=1S/C10H18O2/c1-3-9(4-1)11-7-8-12-10-5-2-6-10/h9-10H,1-8H2. The van der Waals surface area contributed by atoms with Crippen LogP contribution in [0.1, 0.15) is 38.5 Å². The molecule has 0 aromatic carbocycles. The molecule has 2 rings (SSSR count). The number of hydrogen-bond acceptors (Lipinski definition) is 2. The maximum atomic E-state index is 5.57. The molecule has 2 aliphatic rings. The normalized spacial score (nSPS) is 25.0. The molecular weight excluding hydrogens is 152 g/mol. The molecule has 0 bridgehead atoms. The zero-order chi connectivity index (χ0) is 8.23. The van der Waals surface area contributed by atoms with E-state index in [1.165, 1.54) is 38.5 Å². The van der Waals surface area contributed by atoms with Gasteiger partial charge in [0.15, 0.2) is 0 Å². The van der Waals surface area contributed by atoms with Crippen molar-refractivity contribution < 1.29 is 9.47 Å². The van der Waals surface area contributed by atoms with Gasteiger partial charge in [-0.05, 0) is 38.5 Å². The molecule has 0 atom stereocenters. The molecular formula is C10H18O2. The van der Waals surface area contributed by atoms with Crippen molar-refractivity contribution in [1.82, 2.24) is 0 Å². The SMILES string of the molecule is C1CC(OCCOC2CCC2)C1. The molecule has 0 aromatic heterocycles. The van der Waals surface area contributed by atoms with Crippen molar-refractivity contribution in [2.75, 3.05) is 13.2 Å². The van der Waals surface area contributed by atoms with Crippen LogP contribution in [-0.2, 0) is 9.47 Å². The van der Waals surface area contributed by atoms with Crippen molar-refractivity contribution in [2.45, 2.75) is 50.7 Å². The van der Waals surface area contributed by atoms with Crippen molar-refractivity contribution >= 4 is 0 Å². The highest BCUT2D eigenvalue weighted by Gasteiger charge is 2.19. The van der Waals surface area contributed by atoms with Crippen LogP contribution in [0.4, 0.5) is 0 Å². The Morgan fingerprint density at radius 3 is 1.42 bits per heavy atom. The molecule has 0 spiro atoms. The fraction of sp³-hybridized carbons (Fsp3) is 1.00. The van der Waals surface area contributed by atoms with E-state index in [4.69, 9.17) is 9.47 Å². The number of hydrogen-bond donors (Lipinski definition) is 0. The first-order valence-corrected chi connectivity index (χ1v) is 5.18. The summed E-state index contributed by atoms with van der Waals surface area (Å²) in [5, 5.41) is 0. The summed E-state index contributed by atoms with van der Waals surface area (Å²) in [6, 6.07) is 0. The lowest BCUT2D eigenvalue weighted by atomic mass is 9.96. The van der Waals surface area contributed by atoms with Crippen LogP contribution in [-0.4, -0.2) is 25.4 Å². The van der Waals surface area contributed by atoms with Gasteiger partial charge in [-0.1, -0.05) is 0 Å². The number of ether oxygens (including phenoxy) is 2. The first kappa shape index (κ1) is 8.52. The van der Waals surface area contributed by atoms with Gasteiger partial charge in [0.25, 0.3) is 0 Å². The molecule has 70 valence electrons. The second kappa shape index (κ2) is 4.24. The Balaban J connectivity index is 1.40. The average molecular weight is 170 g/mol. The van der Waals surface area contributed by atoms with E-state index in [1.54, 1.807) is 0 Å². The molecule has 2 saturated carbocycles. The van der Waals surface area contributed by atoms with Crippen LogP contribution in [0, 0.1) is 0 Å². The average Bonchev–Trinajstić information content (AvgIpc) is 1.88. The van der Waals surface area contributed by atoms with Crippen LogP contribution in [0.25, 0.3) is 0 Å². The van der Waals surface area contributed by atoms with E-state index in [2.05, 4.69) is 0 Å². The van der Waals surface area contributed by atoms with Crippen LogP contribution in [0.3, 0.4) is 0 Å². The molecule has 0 radical (unpaired) electrons. The molecule has 2 fully saturated rings. The summed E-state index contributed by atoms with van der Waals surface area (Å²) in [7, 11) is 0. The van der Waals surface area contributed by atoms with Crippen LogP contribution in [0.2, 0.25) is 0 Å². The predicted molar refractivity (Wildman–Crippen MR) is 47.2 cm³/mol. The third-order valence-corrected chi connectivity index (χ3v) is 2.89. The third kappa shape index (κ3) is 2.20. The second-order valence-corrected chi connectivity index (χ2v) is 3.85. The highest BCUT2D eigenvalue weighted by Crippen LogP contribution is 2.23. The molecule has 2 aliphatic carbocycles. The summed E-state index contributed by atoms with van der Waals surface area (Å²) in [4.78, 5) is 0. The van der Waals surface area contributed by atoms with E-state index in [1.807, 2.05) is 0 Å². The molecule has 2 nitrogen and oxygen atoms in total. The first-order valence-electron chi connectivity index (χ1n) is 5.18. The molecule has 0 unspecified atom stereocenters. The van der Waals surface area contributed by atoms with Gasteiger partial charge < -0.3 is 9.47 Å². The van der Waals surface area contributed by atoms with E-state index < -0.39 is 0 Å². The van der Waals surface area contributed by atoms with Crippen LogP contribution >= 0.6 is 0 Å². The van der Waals surface area contributed by atoms with Gasteiger partial charge in [-0.3, -0.25) is 0 Å². The Hall–Kier alpha value is -0.0800. The van der Waals surface area contributed by atoms with Crippen molar-refractivity contribution in [3.05, 3.63) is 0 Å². The molecule has 0 saturated heterocycles. The minimum Gasteiger partial charge on any atom is -0.376 e. The highest BCUT2D eigenvalue weighted by molar-refractivity contribution is 4.70. The Morgan fingerprint density at radius 2 is 1.17 bits per heavy atom. The summed E-state index contributed by atoms with van der Waals surface area (Å²) in [6.45, 7) is 1.61. The topological polar surface area (TPSA) is 18.5 Å². The molecule has 12 heavy (non-hydrogen) atoms. The van der Waals surface area contributed by atoms with Crippen LogP contribution in [0.15, 0.2) is 0 Å². The van der Waals surface area contributed by atoms with Gasteiger partial charge in [-0.2, -0.15) is 0 Å². The van der Waals surface area contributed by atoms with Gasteiger partial charge in [0.2, 0.25) is 0 Å². The fourth-order valence-electron chi connectivity index (χ4n) is 1.50. The van der Waals surface area contributed by atoms with Gasteiger partial charge in [-0.15, -0.1) is 0 Å². The van der Waals surface area contributed by atoms with Gasteiger partial charge in [0.1, 0.15) is 0 Å². The summed E-state index contributed by atoms with van der Waals surface area (Å²) in [5.41, 5.74) is 0. The van der Waals surface area contributed by atoms with E-state index >= 15 is 0 Å². The van der Waals surface area contributed by atoms with Crippen LogP contribution in [0.5, 0.6) is 0 Å². The monoisotopic (exact) mass is 170 g/mol. The maximum absolute atomic E-state index is 5.57. The van der Waals surface area contributed by atoms with E-state index in [0.717, 1.165) is 13.2 Å². The Labute approximate surface area is 74.2 Å². The first-order chi connectivity index (χ1) is 5.95. The molecule has 0 aromatic rings. The van der Waals surface area contributed by atoms with Crippen molar-refractivity contribution in [2.24, 2.45) is 0 Å². The van der Waals surface area contributed by atoms with Gasteiger partial charge in [-0.25, -0.2) is 0 Å². The Kier molecular flexibility index (Phi) is 3.01. The molecule has 0 N–H and O–H groups in total. The van der Waals surface area contributed by atoms with Crippen LogP contribution < -0.4 is 0 Å². The van der Waals surface area contributed by atoms with Crippen molar-refractivity contribution in [1.29, 1.82) is 0 Å².